The summed E-state index contributed by atoms with van der Waals surface area (Å²) in [6, 6.07) is 9.39. The number of hydrogen-bond donors (Lipinski definition) is 2. The minimum absolute atomic E-state index is 0.366. The van der Waals surface area contributed by atoms with E-state index in [0.29, 0.717) is 5.82 Å². The van der Waals surface area contributed by atoms with Gasteiger partial charge in [0.25, 0.3) is 0 Å². The van der Waals surface area contributed by atoms with Gasteiger partial charge in [-0.15, -0.1) is 0 Å². The van der Waals surface area contributed by atoms with Gasteiger partial charge in [0.05, 0.1) is 11.7 Å². The number of fused-ring (bicyclic) bond motifs is 1. The molecule has 1 aromatic heterocycles. The lowest BCUT2D eigenvalue weighted by molar-refractivity contribution is 0.225. The lowest BCUT2D eigenvalue weighted by Gasteiger charge is -2.05. The number of pyridine rings is 1. The molecule has 0 unspecified atom stereocenters. The summed E-state index contributed by atoms with van der Waals surface area (Å²) in [6.45, 7) is 3.65. The molecule has 0 saturated carbocycles. The van der Waals surface area contributed by atoms with E-state index in [2.05, 4.69) is 27.5 Å². The average Bonchev–Trinajstić information content (AvgIpc) is 2.76. The van der Waals surface area contributed by atoms with E-state index >= 15 is 0 Å². The second-order valence-corrected chi connectivity index (χ2v) is 4.02. The number of urea groups is 1. The molecule has 0 aliphatic carbocycles. The number of hydrazine groups is 1. The molecule has 1 fully saturated rings. The number of nitrogens with zero attached hydrogens (tertiary/aromatic N) is 3. The van der Waals surface area contributed by atoms with Gasteiger partial charge in [-0.3, -0.25) is 10.4 Å². The minimum atomic E-state index is -0.366. The van der Waals surface area contributed by atoms with Crippen molar-refractivity contribution in [3.05, 3.63) is 54.5 Å². The molecule has 6 nitrogen and oxygen atoms in total. The second kappa shape index (κ2) is 4.41. The molecule has 1 aliphatic rings. The molecule has 1 aromatic carbocycles. The quantitative estimate of drug-likeness (QED) is 0.798. The molecule has 3 rings (SSSR count). The van der Waals surface area contributed by atoms with Crippen LogP contribution in [0.2, 0.25) is 0 Å². The molecule has 94 valence electrons. The topological polar surface area (TPSA) is 69.6 Å². The number of amides is 2. The Labute approximate surface area is 109 Å². The second-order valence-electron chi connectivity index (χ2n) is 4.02. The van der Waals surface area contributed by atoms with Crippen molar-refractivity contribution in [2.75, 3.05) is 0 Å². The fourth-order valence-corrected chi connectivity index (χ4v) is 1.76. The minimum Gasteiger partial charge on any atom is -0.281 e. The Morgan fingerprint density at radius 2 is 2.16 bits per heavy atom. The first-order valence-corrected chi connectivity index (χ1v) is 5.68. The number of carbonyl (C=O) groups excluding carboxylic acids is 1. The Kier molecular flexibility index (Phi) is 2.60. The van der Waals surface area contributed by atoms with Crippen molar-refractivity contribution in [2.45, 2.75) is 0 Å². The number of rotatable bonds is 2. The molecule has 0 radical (unpaired) electrons. The summed E-state index contributed by atoms with van der Waals surface area (Å²) >= 11 is 0. The monoisotopic (exact) mass is 253 g/mol. The molecule has 19 heavy (non-hydrogen) atoms. The molecule has 6 heteroatoms. The van der Waals surface area contributed by atoms with Crippen LogP contribution in [0.1, 0.15) is 5.56 Å². The van der Waals surface area contributed by atoms with E-state index in [1.54, 1.807) is 12.4 Å². The number of hydrazone groups is 1. The van der Waals surface area contributed by atoms with Gasteiger partial charge in [0, 0.05) is 17.1 Å². The van der Waals surface area contributed by atoms with Crippen LogP contribution in [0.25, 0.3) is 10.9 Å². The van der Waals surface area contributed by atoms with E-state index in [0.717, 1.165) is 21.5 Å². The van der Waals surface area contributed by atoms with Crippen molar-refractivity contribution >= 4 is 23.1 Å². The first-order chi connectivity index (χ1) is 9.24. The summed E-state index contributed by atoms with van der Waals surface area (Å²) in [5, 5.41) is 6.23. The van der Waals surface area contributed by atoms with Gasteiger partial charge < -0.3 is 0 Å². The normalized spacial score (nSPS) is 15.1. The molecular weight excluding hydrogens is 242 g/mol. The third-order valence-electron chi connectivity index (χ3n) is 2.70. The first-order valence-electron chi connectivity index (χ1n) is 5.68. The lowest BCUT2D eigenvalue weighted by Crippen LogP contribution is -2.26. The van der Waals surface area contributed by atoms with E-state index in [1.807, 2.05) is 30.3 Å². The van der Waals surface area contributed by atoms with Crippen molar-refractivity contribution in [2.24, 2.45) is 5.10 Å². The highest BCUT2D eigenvalue weighted by atomic mass is 16.2. The lowest BCUT2D eigenvalue weighted by atomic mass is 10.2. The molecule has 1 aliphatic heterocycles. The van der Waals surface area contributed by atoms with Gasteiger partial charge >= 0.3 is 6.03 Å². The third-order valence-corrected chi connectivity index (χ3v) is 2.70. The summed E-state index contributed by atoms with van der Waals surface area (Å²) in [7, 11) is 0. The summed E-state index contributed by atoms with van der Waals surface area (Å²) < 4.78 is 0. The Balaban J connectivity index is 1.88. The van der Waals surface area contributed by atoms with Crippen LogP contribution in [0.15, 0.2) is 54.0 Å². The number of aromatic nitrogens is 1. The van der Waals surface area contributed by atoms with Crippen LogP contribution in [0.3, 0.4) is 0 Å². The van der Waals surface area contributed by atoms with Crippen LogP contribution in [-0.4, -0.2) is 22.2 Å². The van der Waals surface area contributed by atoms with Crippen LogP contribution in [0.4, 0.5) is 4.79 Å². The van der Waals surface area contributed by atoms with Gasteiger partial charge in [0.1, 0.15) is 5.82 Å². The van der Waals surface area contributed by atoms with E-state index in [-0.39, 0.29) is 6.03 Å². The zero-order chi connectivity index (χ0) is 13.2. The van der Waals surface area contributed by atoms with Crippen LogP contribution in [0.5, 0.6) is 0 Å². The molecule has 2 N–H and O–H groups in total. The Bertz CT molecular complexity index is 678. The molecule has 0 spiro atoms. The zero-order valence-corrected chi connectivity index (χ0v) is 10.00. The standard InChI is InChI=1S/C13H11N5O/c1-9-16-17-13(19)18(9)15-8-10-6-11-4-2-3-5-12(11)14-7-10/h2-8,16H,1H2,(H,17,19)/b15-8+. The Morgan fingerprint density at radius 1 is 1.32 bits per heavy atom. The third kappa shape index (κ3) is 2.11. The number of hydrogen-bond acceptors (Lipinski definition) is 4. The molecule has 0 atom stereocenters. The average molecular weight is 253 g/mol. The SMILES string of the molecule is C=C1NNC(=O)N1/N=C/c1cnc2ccccc2c1. The molecule has 2 aromatic rings. The van der Waals surface area contributed by atoms with Gasteiger partial charge in [0.15, 0.2) is 0 Å². The smallest absolute Gasteiger partial charge is 0.281 e. The number of benzene rings is 1. The van der Waals surface area contributed by atoms with Crippen molar-refractivity contribution in [3.63, 3.8) is 0 Å². The zero-order valence-electron chi connectivity index (χ0n) is 10.00. The van der Waals surface area contributed by atoms with Gasteiger partial charge in [-0.2, -0.15) is 10.1 Å². The summed E-state index contributed by atoms with van der Waals surface area (Å²) in [6.07, 6.45) is 3.27. The highest BCUT2D eigenvalue weighted by Crippen LogP contribution is 2.12. The van der Waals surface area contributed by atoms with Crippen molar-refractivity contribution in [3.8, 4) is 0 Å². The predicted molar refractivity (Wildman–Crippen MR) is 72.0 cm³/mol. The maximum atomic E-state index is 11.4. The van der Waals surface area contributed by atoms with Crippen molar-refractivity contribution in [1.29, 1.82) is 0 Å². The number of carbonyl (C=O) groups is 1. The molecule has 2 amide bonds. The van der Waals surface area contributed by atoms with Crippen LogP contribution in [-0.2, 0) is 0 Å². The first kappa shape index (κ1) is 11.2. The Hall–Kier alpha value is -2.89. The van der Waals surface area contributed by atoms with Crippen LogP contribution < -0.4 is 10.9 Å². The summed E-state index contributed by atoms with van der Waals surface area (Å²) in [4.78, 5) is 15.7. The van der Waals surface area contributed by atoms with Crippen molar-refractivity contribution < 1.29 is 4.79 Å². The molecular formula is C13H11N5O. The molecule has 2 heterocycles. The van der Waals surface area contributed by atoms with E-state index in [9.17, 15) is 4.79 Å². The largest absolute Gasteiger partial charge is 0.362 e. The van der Waals surface area contributed by atoms with E-state index in [1.165, 1.54) is 0 Å². The Morgan fingerprint density at radius 3 is 2.95 bits per heavy atom. The van der Waals surface area contributed by atoms with Crippen LogP contribution >= 0.6 is 0 Å². The highest BCUT2D eigenvalue weighted by Gasteiger charge is 2.22. The van der Waals surface area contributed by atoms with Crippen molar-refractivity contribution in [1.82, 2.24) is 20.8 Å². The number of para-hydroxylation sites is 1. The fourth-order valence-electron chi connectivity index (χ4n) is 1.76. The predicted octanol–water partition coefficient (Wildman–Crippen LogP) is 1.57. The number of nitrogens with one attached hydrogen (secondary N) is 2. The molecule has 0 bridgehead atoms. The van der Waals surface area contributed by atoms with Crippen LogP contribution in [0, 0.1) is 0 Å². The fraction of sp³-hybridized carbons (Fsp3) is 0. The maximum Gasteiger partial charge on any atom is 0.362 e. The van der Waals surface area contributed by atoms with Gasteiger partial charge in [-0.05, 0) is 12.1 Å². The summed E-state index contributed by atoms with van der Waals surface area (Å²) in [5.41, 5.74) is 6.71. The van der Waals surface area contributed by atoms with Gasteiger partial charge in [0.2, 0.25) is 0 Å². The van der Waals surface area contributed by atoms with E-state index in [4.69, 9.17) is 0 Å². The highest BCUT2D eigenvalue weighted by molar-refractivity contribution is 5.88. The van der Waals surface area contributed by atoms with Gasteiger partial charge in [-0.1, -0.05) is 24.8 Å². The van der Waals surface area contributed by atoms with E-state index < -0.39 is 0 Å². The molecule has 1 saturated heterocycles. The summed E-state index contributed by atoms with van der Waals surface area (Å²) in [5.74, 6) is 0.384. The maximum absolute atomic E-state index is 11.4. The van der Waals surface area contributed by atoms with Gasteiger partial charge in [-0.25, -0.2) is 10.2 Å².